The SMILES string of the molecule is Cc1ccccc1O[PH](Cc1ccccc1)(Oc1ccccc1C)Oc1ccccc1C. The predicted molar refractivity (Wildman–Crippen MR) is 134 cm³/mol. The van der Waals surface area contributed by atoms with Gasteiger partial charge in [0.25, 0.3) is 0 Å². The molecule has 0 atom stereocenters. The van der Waals surface area contributed by atoms with E-state index in [1.807, 2.05) is 112 Å². The Labute approximate surface area is 191 Å². The number of aryl methyl sites for hydroxylation is 3. The van der Waals surface area contributed by atoms with Crippen LogP contribution in [0.25, 0.3) is 0 Å². The first-order valence-electron chi connectivity index (χ1n) is 10.8. The van der Waals surface area contributed by atoms with Crippen LogP contribution in [0.2, 0.25) is 0 Å². The van der Waals surface area contributed by atoms with Crippen molar-refractivity contribution in [3.8, 4) is 17.2 Å². The molecule has 0 saturated heterocycles. The second kappa shape index (κ2) is 9.89. The summed E-state index contributed by atoms with van der Waals surface area (Å²) in [6.45, 7) is 6.12. The standard InChI is InChI=1S/C28H29O3P/c1-22-13-7-10-18-26(22)29-32(21-25-16-5-4-6-17-25,30-27-19-11-8-14-23(27)2)31-28-20-12-9-15-24(28)3/h4-20,32H,21H2,1-3H3. The molecule has 4 rings (SSSR count). The zero-order chi connectivity index (χ0) is 22.4. The zero-order valence-corrected chi connectivity index (χ0v) is 19.7. The van der Waals surface area contributed by atoms with E-state index in [0.717, 1.165) is 39.5 Å². The molecule has 0 aromatic heterocycles. The molecule has 164 valence electrons. The minimum atomic E-state index is -3.35. The maximum absolute atomic E-state index is 6.75. The second-order valence-electron chi connectivity index (χ2n) is 7.95. The van der Waals surface area contributed by atoms with Gasteiger partial charge >= 0.3 is 191 Å². The minimum absolute atomic E-state index is 0.533. The Kier molecular flexibility index (Phi) is 6.78. The Bertz CT molecular complexity index is 1060. The summed E-state index contributed by atoms with van der Waals surface area (Å²) in [7, 11) is -3.35. The van der Waals surface area contributed by atoms with Crippen molar-refractivity contribution in [3.05, 3.63) is 125 Å². The van der Waals surface area contributed by atoms with Gasteiger partial charge in [0, 0.05) is 0 Å². The molecule has 0 saturated carbocycles. The molecule has 4 heteroatoms. The average Bonchev–Trinajstić information content (AvgIpc) is 2.79. The molecule has 0 bridgehead atoms. The van der Waals surface area contributed by atoms with Crippen molar-refractivity contribution in [2.45, 2.75) is 26.9 Å². The van der Waals surface area contributed by atoms with Gasteiger partial charge in [0.05, 0.1) is 0 Å². The molecule has 0 amide bonds. The van der Waals surface area contributed by atoms with Crippen LogP contribution in [0.15, 0.2) is 103 Å². The van der Waals surface area contributed by atoms with Crippen molar-refractivity contribution in [1.29, 1.82) is 0 Å². The molecule has 0 spiro atoms. The molecule has 0 aliphatic heterocycles. The first-order chi connectivity index (χ1) is 15.5. The quantitative estimate of drug-likeness (QED) is 0.259. The molecule has 0 N–H and O–H groups in total. The van der Waals surface area contributed by atoms with E-state index in [1.54, 1.807) is 0 Å². The van der Waals surface area contributed by atoms with Gasteiger partial charge in [-0.3, -0.25) is 0 Å². The van der Waals surface area contributed by atoms with E-state index in [2.05, 4.69) is 12.1 Å². The number of benzene rings is 4. The van der Waals surface area contributed by atoms with E-state index in [1.165, 1.54) is 0 Å². The summed E-state index contributed by atoms with van der Waals surface area (Å²) in [6.07, 6.45) is 0.533. The third-order valence-corrected chi connectivity index (χ3v) is 7.77. The van der Waals surface area contributed by atoms with Crippen molar-refractivity contribution in [2.75, 3.05) is 0 Å². The maximum atomic E-state index is 6.75. The van der Waals surface area contributed by atoms with Crippen LogP contribution in [0, 0.1) is 20.8 Å². The van der Waals surface area contributed by atoms with Crippen molar-refractivity contribution in [1.82, 2.24) is 0 Å². The second-order valence-corrected chi connectivity index (χ2v) is 10.3. The summed E-state index contributed by atoms with van der Waals surface area (Å²) < 4.78 is 20.2. The number of rotatable bonds is 8. The summed E-state index contributed by atoms with van der Waals surface area (Å²) in [4.78, 5) is 0. The monoisotopic (exact) mass is 444 g/mol. The third kappa shape index (κ3) is 5.30. The van der Waals surface area contributed by atoms with Crippen molar-refractivity contribution >= 4 is 7.94 Å². The van der Waals surface area contributed by atoms with Gasteiger partial charge < -0.3 is 0 Å². The Morgan fingerprint density at radius 1 is 0.469 bits per heavy atom. The van der Waals surface area contributed by atoms with Crippen LogP contribution in [0.5, 0.6) is 17.2 Å². The molecule has 32 heavy (non-hydrogen) atoms. The van der Waals surface area contributed by atoms with Gasteiger partial charge in [0.15, 0.2) is 0 Å². The van der Waals surface area contributed by atoms with Gasteiger partial charge in [0.2, 0.25) is 0 Å². The van der Waals surface area contributed by atoms with Gasteiger partial charge in [-0.15, -0.1) is 0 Å². The number of para-hydroxylation sites is 3. The summed E-state index contributed by atoms with van der Waals surface area (Å²) in [5.74, 6) is 2.33. The van der Waals surface area contributed by atoms with Crippen LogP contribution in [0.1, 0.15) is 22.3 Å². The first-order valence-corrected chi connectivity index (χ1v) is 12.8. The Morgan fingerprint density at radius 2 is 0.812 bits per heavy atom. The van der Waals surface area contributed by atoms with E-state index in [4.69, 9.17) is 13.6 Å². The first kappa shape index (κ1) is 21.9. The molecule has 0 aliphatic rings. The number of hydrogen-bond donors (Lipinski definition) is 0. The fraction of sp³-hybridized carbons (Fsp3) is 0.143. The fourth-order valence-corrected chi connectivity index (χ4v) is 6.30. The van der Waals surface area contributed by atoms with Crippen LogP contribution in [0.3, 0.4) is 0 Å². The van der Waals surface area contributed by atoms with Gasteiger partial charge in [0.1, 0.15) is 0 Å². The molecule has 0 heterocycles. The summed E-state index contributed by atoms with van der Waals surface area (Å²) in [5, 5.41) is 0. The molecule has 4 aromatic carbocycles. The van der Waals surface area contributed by atoms with E-state index in [0.29, 0.717) is 6.16 Å². The molecule has 0 unspecified atom stereocenters. The molecule has 0 fully saturated rings. The van der Waals surface area contributed by atoms with E-state index < -0.39 is 7.94 Å². The van der Waals surface area contributed by atoms with Gasteiger partial charge in [-0.25, -0.2) is 0 Å². The van der Waals surface area contributed by atoms with Crippen LogP contribution >= 0.6 is 7.94 Å². The van der Waals surface area contributed by atoms with Crippen molar-refractivity contribution < 1.29 is 13.6 Å². The summed E-state index contributed by atoms with van der Waals surface area (Å²) >= 11 is 0. The van der Waals surface area contributed by atoms with Crippen LogP contribution < -0.4 is 13.6 Å². The summed E-state index contributed by atoms with van der Waals surface area (Å²) in [6, 6.07) is 34.3. The molecule has 4 aromatic rings. The normalized spacial score (nSPS) is 11.6. The zero-order valence-electron chi connectivity index (χ0n) is 18.7. The molecular formula is C28H29O3P. The topological polar surface area (TPSA) is 27.7 Å². The summed E-state index contributed by atoms with van der Waals surface area (Å²) in [5.41, 5.74) is 4.23. The van der Waals surface area contributed by atoms with Crippen LogP contribution in [-0.2, 0) is 6.16 Å². The van der Waals surface area contributed by atoms with E-state index in [-0.39, 0.29) is 0 Å². The fourth-order valence-electron chi connectivity index (χ4n) is 3.53. The van der Waals surface area contributed by atoms with Gasteiger partial charge in [-0.2, -0.15) is 0 Å². The third-order valence-electron chi connectivity index (χ3n) is 5.34. The molecule has 0 aliphatic carbocycles. The van der Waals surface area contributed by atoms with Crippen molar-refractivity contribution in [2.24, 2.45) is 0 Å². The predicted octanol–water partition coefficient (Wildman–Crippen LogP) is 7.84. The van der Waals surface area contributed by atoms with Gasteiger partial charge in [-0.1, -0.05) is 0 Å². The Balaban J connectivity index is 1.83. The molecule has 0 radical (unpaired) electrons. The van der Waals surface area contributed by atoms with Crippen LogP contribution in [0.4, 0.5) is 0 Å². The number of hydrogen-bond acceptors (Lipinski definition) is 3. The van der Waals surface area contributed by atoms with E-state index >= 15 is 0 Å². The van der Waals surface area contributed by atoms with Gasteiger partial charge in [-0.05, 0) is 0 Å². The molecule has 3 nitrogen and oxygen atoms in total. The van der Waals surface area contributed by atoms with E-state index in [9.17, 15) is 0 Å². The average molecular weight is 445 g/mol. The van der Waals surface area contributed by atoms with Crippen molar-refractivity contribution in [3.63, 3.8) is 0 Å². The molecular weight excluding hydrogens is 415 g/mol. The Morgan fingerprint density at radius 3 is 1.19 bits per heavy atom. The van der Waals surface area contributed by atoms with Crippen LogP contribution in [-0.4, -0.2) is 0 Å². The Hall–Kier alpha value is -3.29.